The molecule has 0 aliphatic heterocycles. The summed E-state index contributed by atoms with van der Waals surface area (Å²) in [7, 11) is 1.93. The highest BCUT2D eigenvalue weighted by molar-refractivity contribution is 5.84. The van der Waals surface area contributed by atoms with Gasteiger partial charge in [-0.15, -0.1) is 0 Å². The van der Waals surface area contributed by atoms with Gasteiger partial charge in [0.1, 0.15) is 0 Å². The zero-order chi connectivity index (χ0) is 16.8. The number of nitrogens with zero attached hydrogens (tertiary/aromatic N) is 2. The van der Waals surface area contributed by atoms with Crippen molar-refractivity contribution in [2.24, 2.45) is 7.05 Å². The van der Waals surface area contributed by atoms with E-state index in [4.69, 9.17) is 0 Å². The fourth-order valence-corrected chi connectivity index (χ4v) is 3.62. The lowest BCUT2D eigenvalue weighted by Crippen LogP contribution is -1.99. The zero-order valence-electron chi connectivity index (χ0n) is 13.7. The summed E-state index contributed by atoms with van der Waals surface area (Å²) in [4.78, 5) is 0. The molecule has 0 radical (unpaired) electrons. The van der Waals surface area contributed by atoms with Gasteiger partial charge in [-0.3, -0.25) is 4.68 Å². The van der Waals surface area contributed by atoms with Gasteiger partial charge in [-0.2, -0.15) is 5.10 Å². The van der Waals surface area contributed by atoms with E-state index in [1.54, 1.807) is 13.0 Å². The van der Waals surface area contributed by atoms with Gasteiger partial charge in [0, 0.05) is 18.4 Å². The summed E-state index contributed by atoms with van der Waals surface area (Å²) in [5.41, 5.74) is 4.83. The van der Waals surface area contributed by atoms with Gasteiger partial charge in [-0.05, 0) is 54.2 Å². The number of fused-ring (bicyclic) bond motifs is 1. The maximum absolute atomic E-state index is 13.8. The minimum atomic E-state index is -0.778. The molecule has 1 aliphatic carbocycles. The van der Waals surface area contributed by atoms with Gasteiger partial charge >= 0.3 is 0 Å². The van der Waals surface area contributed by atoms with Crippen LogP contribution < -0.4 is 0 Å². The number of aryl methyl sites for hydroxylation is 1. The maximum Gasteiger partial charge on any atom is 0.162 e. The molecule has 1 atom stereocenters. The van der Waals surface area contributed by atoms with Gasteiger partial charge in [-0.1, -0.05) is 24.3 Å². The largest absolute Gasteiger partial charge is 0.268 e. The predicted octanol–water partition coefficient (Wildman–Crippen LogP) is 5.12. The van der Waals surface area contributed by atoms with E-state index in [0.717, 1.165) is 29.3 Å². The first kappa shape index (κ1) is 15.1. The van der Waals surface area contributed by atoms with Crippen LogP contribution in [0.2, 0.25) is 0 Å². The van der Waals surface area contributed by atoms with Crippen LogP contribution in [-0.2, 0) is 7.05 Å². The van der Waals surface area contributed by atoms with Crippen LogP contribution in [0.5, 0.6) is 0 Å². The summed E-state index contributed by atoms with van der Waals surface area (Å²) in [5.74, 6) is -1.37. The molecule has 2 nitrogen and oxygen atoms in total. The van der Waals surface area contributed by atoms with Crippen molar-refractivity contribution in [1.82, 2.24) is 9.78 Å². The van der Waals surface area contributed by atoms with Gasteiger partial charge in [0.05, 0.1) is 11.7 Å². The van der Waals surface area contributed by atoms with Crippen LogP contribution >= 0.6 is 0 Å². The van der Waals surface area contributed by atoms with Crippen molar-refractivity contribution in [2.75, 3.05) is 0 Å². The number of hydrogen-bond donors (Lipinski definition) is 0. The van der Waals surface area contributed by atoms with Crippen molar-refractivity contribution in [2.45, 2.75) is 25.7 Å². The van der Waals surface area contributed by atoms with Crippen LogP contribution in [0.4, 0.5) is 8.78 Å². The van der Waals surface area contributed by atoms with Gasteiger partial charge < -0.3 is 0 Å². The molecule has 0 fully saturated rings. The predicted molar refractivity (Wildman–Crippen MR) is 91.8 cm³/mol. The Morgan fingerprint density at radius 2 is 2.00 bits per heavy atom. The summed E-state index contributed by atoms with van der Waals surface area (Å²) in [6, 6.07) is 9.27. The van der Waals surface area contributed by atoms with Gasteiger partial charge in [0.25, 0.3) is 0 Å². The number of allylic oxidation sites excluding steroid dienone is 2. The Balaban J connectivity index is 1.71. The van der Waals surface area contributed by atoms with Crippen LogP contribution in [0.25, 0.3) is 16.5 Å². The second-order valence-corrected chi connectivity index (χ2v) is 6.45. The van der Waals surface area contributed by atoms with Crippen LogP contribution in [0, 0.1) is 18.6 Å². The van der Waals surface area contributed by atoms with Crippen molar-refractivity contribution in [1.29, 1.82) is 0 Å². The van der Waals surface area contributed by atoms with Crippen LogP contribution in [0.1, 0.15) is 35.4 Å². The molecular formula is C20H18F2N2. The Bertz CT molecular complexity index is 969. The van der Waals surface area contributed by atoms with Gasteiger partial charge in [0.2, 0.25) is 0 Å². The molecule has 0 saturated heterocycles. The molecule has 0 saturated carbocycles. The molecule has 3 aromatic rings. The molecule has 24 heavy (non-hydrogen) atoms. The maximum atomic E-state index is 13.8. The van der Waals surface area contributed by atoms with Crippen molar-refractivity contribution in [3.8, 4) is 0 Å². The molecule has 2 aromatic carbocycles. The van der Waals surface area contributed by atoms with E-state index >= 15 is 0 Å². The number of rotatable bonds is 2. The van der Waals surface area contributed by atoms with Crippen LogP contribution in [0.3, 0.4) is 0 Å². The standard InChI is InChI=1S/C20H18F2N2/c1-12-17(7-8-18(21)20(12)22)15-5-3-13(9-15)14-4-6-16-11-23-24(2)19(16)10-14/h4,6-11,15H,3,5H2,1-2H3/t15-/m0/s1. The molecule has 0 N–H and O–H groups in total. The second kappa shape index (κ2) is 5.55. The van der Waals surface area contributed by atoms with Gasteiger partial charge in [-0.25, -0.2) is 8.78 Å². The van der Waals surface area contributed by atoms with Crippen LogP contribution in [-0.4, -0.2) is 9.78 Å². The molecule has 4 heteroatoms. The second-order valence-electron chi connectivity index (χ2n) is 6.45. The van der Waals surface area contributed by atoms with E-state index in [-0.39, 0.29) is 5.92 Å². The number of aromatic nitrogens is 2. The average Bonchev–Trinajstić information content (AvgIpc) is 3.20. The highest BCUT2D eigenvalue weighted by atomic mass is 19.2. The van der Waals surface area contributed by atoms with Crippen molar-refractivity contribution < 1.29 is 8.78 Å². The third-order valence-corrected chi connectivity index (χ3v) is 5.03. The normalized spacial score (nSPS) is 17.5. The SMILES string of the molecule is Cc1c([C@@H]2C=C(c3ccc4cnn(C)c4c3)CC2)ccc(F)c1F. The fourth-order valence-electron chi connectivity index (χ4n) is 3.62. The van der Waals surface area contributed by atoms with Crippen molar-refractivity contribution >= 4 is 16.5 Å². The van der Waals surface area contributed by atoms with E-state index in [2.05, 4.69) is 29.4 Å². The molecule has 0 bridgehead atoms. The first-order valence-corrected chi connectivity index (χ1v) is 8.12. The van der Waals surface area contributed by atoms with Crippen LogP contribution in [0.15, 0.2) is 42.6 Å². The molecule has 1 aliphatic rings. The quantitative estimate of drug-likeness (QED) is 0.639. The minimum Gasteiger partial charge on any atom is -0.268 e. The third-order valence-electron chi connectivity index (χ3n) is 5.03. The van der Waals surface area contributed by atoms with Crippen molar-refractivity contribution in [3.05, 3.63) is 70.9 Å². The first-order valence-electron chi connectivity index (χ1n) is 8.12. The van der Waals surface area contributed by atoms with E-state index in [1.807, 2.05) is 17.9 Å². The number of hydrogen-bond acceptors (Lipinski definition) is 1. The van der Waals surface area contributed by atoms with Gasteiger partial charge in [0.15, 0.2) is 11.6 Å². The lowest BCUT2D eigenvalue weighted by molar-refractivity contribution is 0.500. The summed E-state index contributed by atoms with van der Waals surface area (Å²) >= 11 is 0. The summed E-state index contributed by atoms with van der Waals surface area (Å²) in [6.45, 7) is 1.65. The summed E-state index contributed by atoms with van der Waals surface area (Å²) < 4.78 is 29.1. The third kappa shape index (κ3) is 2.33. The smallest absolute Gasteiger partial charge is 0.162 e. The van der Waals surface area contributed by atoms with E-state index in [0.29, 0.717) is 5.56 Å². The fraction of sp³-hybridized carbons (Fsp3) is 0.250. The monoisotopic (exact) mass is 324 g/mol. The average molecular weight is 324 g/mol. The lowest BCUT2D eigenvalue weighted by atomic mass is 9.94. The van der Waals surface area contributed by atoms with E-state index in [9.17, 15) is 8.78 Å². The molecule has 0 amide bonds. The molecule has 0 unspecified atom stereocenters. The lowest BCUT2D eigenvalue weighted by Gasteiger charge is -2.12. The molecular weight excluding hydrogens is 306 g/mol. The Kier molecular flexibility index (Phi) is 3.48. The number of benzene rings is 2. The zero-order valence-corrected chi connectivity index (χ0v) is 13.7. The highest BCUT2D eigenvalue weighted by Crippen LogP contribution is 2.39. The molecule has 122 valence electrons. The summed E-state index contributed by atoms with van der Waals surface area (Å²) in [6.07, 6.45) is 5.91. The minimum absolute atomic E-state index is 0.136. The summed E-state index contributed by atoms with van der Waals surface area (Å²) in [5, 5.41) is 5.39. The molecule has 4 rings (SSSR count). The number of halogens is 2. The van der Waals surface area contributed by atoms with E-state index in [1.165, 1.54) is 17.2 Å². The topological polar surface area (TPSA) is 17.8 Å². The Hall–Kier alpha value is -2.49. The molecule has 1 aromatic heterocycles. The Morgan fingerprint density at radius 3 is 2.83 bits per heavy atom. The van der Waals surface area contributed by atoms with Crippen molar-refractivity contribution in [3.63, 3.8) is 0 Å². The molecule has 0 spiro atoms. The molecule has 1 heterocycles. The first-order chi connectivity index (χ1) is 11.5. The Labute approximate surface area is 139 Å². The highest BCUT2D eigenvalue weighted by Gasteiger charge is 2.22. The van der Waals surface area contributed by atoms with E-state index < -0.39 is 11.6 Å². The Morgan fingerprint density at radius 1 is 1.17 bits per heavy atom.